The zero-order valence-electron chi connectivity index (χ0n) is 4.42. The summed E-state index contributed by atoms with van der Waals surface area (Å²) in [6.45, 7) is 0. The van der Waals surface area contributed by atoms with E-state index in [4.69, 9.17) is 11.5 Å². The van der Waals surface area contributed by atoms with Crippen LogP contribution in [0.3, 0.4) is 0 Å². The van der Waals surface area contributed by atoms with E-state index in [1.54, 1.807) is 6.29 Å². The van der Waals surface area contributed by atoms with Crippen LogP contribution in [0.4, 0.5) is 0 Å². The Bertz CT molecular complexity index is 102. The largest absolute Gasteiger partial charge is 0.392 e. The Labute approximate surface area is 48.5 Å². The molecule has 0 rings (SSSR count). The third-order valence-electron chi connectivity index (χ3n) is 0.672. The average molecular weight is 111 g/mol. The van der Waals surface area contributed by atoms with Gasteiger partial charge in [-0.2, -0.15) is 0 Å². The van der Waals surface area contributed by atoms with Gasteiger partial charge in [-0.15, -0.1) is 12.3 Å². The lowest BCUT2D eigenvalue weighted by atomic mass is 10.2. The van der Waals surface area contributed by atoms with Crippen molar-refractivity contribution in [2.75, 3.05) is 0 Å². The summed E-state index contributed by atoms with van der Waals surface area (Å²) in [5.74, 6) is 2.22. The third-order valence-corrected chi connectivity index (χ3v) is 0.672. The first-order valence-electron chi connectivity index (χ1n) is 2.27. The Morgan fingerprint density at radius 3 is 2.62 bits per heavy atom. The van der Waals surface area contributed by atoms with Gasteiger partial charge in [-0.3, -0.25) is 4.79 Å². The molecule has 0 heterocycles. The number of carbonyl (C=O) groups excluding carboxylic acids is 1. The highest BCUT2D eigenvalue weighted by Crippen LogP contribution is 1.91. The van der Waals surface area contributed by atoms with Gasteiger partial charge in [0.1, 0.15) is 0 Å². The molecule has 0 spiro atoms. The Hall–Kier alpha value is -0.810. The Balaban J connectivity index is 3.20. The van der Waals surface area contributed by atoms with E-state index in [9.17, 15) is 4.79 Å². The molecule has 2 nitrogen and oxygen atoms in total. The van der Waals surface area contributed by atoms with Crippen LogP contribution in [0, 0.1) is 12.3 Å². The van der Waals surface area contributed by atoms with Crippen molar-refractivity contribution in [2.45, 2.75) is 18.9 Å². The Morgan fingerprint density at radius 2 is 2.25 bits per heavy atom. The fourth-order valence-corrected chi connectivity index (χ4v) is 0.304. The fraction of sp³-hybridized carbons (Fsp3) is 0.500. The van der Waals surface area contributed by atoms with Gasteiger partial charge >= 0.3 is 0 Å². The molecule has 1 unspecified atom stereocenters. The maximum atomic E-state index is 9.54. The van der Waals surface area contributed by atoms with Crippen LogP contribution >= 0.6 is 0 Å². The highest BCUT2D eigenvalue weighted by Gasteiger charge is 1.98. The molecule has 0 saturated carbocycles. The van der Waals surface area contributed by atoms with E-state index in [2.05, 4.69) is 5.92 Å². The summed E-state index contributed by atoms with van der Waals surface area (Å²) in [5.41, 5.74) is 0. The van der Waals surface area contributed by atoms with Gasteiger partial charge in [0, 0.05) is 12.8 Å². The van der Waals surface area contributed by atoms with Gasteiger partial charge < -0.3 is 5.11 Å². The molecule has 0 aromatic heterocycles. The molecule has 2 heteroatoms. The van der Waals surface area contributed by atoms with E-state index >= 15 is 0 Å². The number of aliphatic hydroxyl groups is 1. The van der Waals surface area contributed by atoms with Gasteiger partial charge in [-0.05, 0) is 0 Å². The van der Waals surface area contributed by atoms with Crippen LogP contribution < -0.4 is 0 Å². The zero-order valence-corrected chi connectivity index (χ0v) is 4.42. The average Bonchev–Trinajstić information content (AvgIpc) is 1.68. The van der Waals surface area contributed by atoms with Crippen molar-refractivity contribution in [1.82, 2.24) is 0 Å². The van der Waals surface area contributed by atoms with Crippen molar-refractivity contribution >= 4 is 6.29 Å². The first-order valence-corrected chi connectivity index (χ1v) is 2.27. The fourth-order valence-electron chi connectivity index (χ4n) is 0.304. The summed E-state index contributed by atoms with van der Waals surface area (Å²) >= 11 is 0. The van der Waals surface area contributed by atoms with Gasteiger partial charge in [0.2, 0.25) is 6.29 Å². The van der Waals surface area contributed by atoms with Gasteiger partial charge in [-0.25, -0.2) is 0 Å². The van der Waals surface area contributed by atoms with E-state index in [-0.39, 0.29) is 12.8 Å². The molecule has 0 bridgehead atoms. The van der Waals surface area contributed by atoms with E-state index in [1.807, 2.05) is 0 Å². The van der Waals surface area contributed by atoms with Crippen LogP contribution in [0.1, 0.15) is 12.8 Å². The summed E-state index contributed by atoms with van der Waals surface area (Å²) in [6.07, 6.45) is 5.93. The van der Waals surface area contributed by atoms with Gasteiger partial charge in [0.05, 0.1) is 6.10 Å². The van der Waals surface area contributed by atoms with E-state index in [0.29, 0.717) is 0 Å². The maximum Gasteiger partial charge on any atom is 0.201 e. The first kappa shape index (κ1) is 7.19. The van der Waals surface area contributed by atoms with Crippen LogP contribution in [0.25, 0.3) is 0 Å². The summed E-state index contributed by atoms with van der Waals surface area (Å²) in [4.78, 5) is 9.54. The molecule has 0 aliphatic carbocycles. The number of hydrogen-bond acceptors (Lipinski definition) is 2. The summed E-state index contributed by atoms with van der Waals surface area (Å²) < 4.78 is 0. The molecule has 1 radical (unpaired) electrons. The first-order chi connectivity index (χ1) is 3.81. The normalized spacial score (nSPS) is 12.0. The van der Waals surface area contributed by atoms with Crippen LogP contribution in [0.15, 0.2) is 0 Å². The number of hydrogen-bond donors (Lipinski definition) is 1. The van der Waals surface area contributed by atoms with E-state index in [0.717, 1.165) is 0 Å². The highest BCUT2D eigenvalue weighted by atomic mass is 16.3. The lowest BCUT2D eigenvalue weighted by Crippen LogP contribution is -2.04. The predicted molar refractivity (Wildman–Crippen MR) is 29.8 cm³/mol. The minimum Gasteiger partial charge on any atom is -0.392 e. The molecule has 0 amide bonds. The van der Waals surface area contributed by atoms with Crippen LogP contribution in [-0.4, -0.2) is 17.5 Å². The molecule has 8 heavy (non-hydrogen) atoms. The SMILES string of the molecule is C#CCC(O)C[C]=O. The number of rotatable bonds is 3. The molecule has 1 atom stereocenters. The second kappa shape index (κ2) is 4.35. The molecular weight excluding hydrogens is 104 g/mol. The molecule has 0 saturated heterocycles. The predicted octanol–water partition coefficient (Wildman–Crippen LogP) is -0.130. The molecule has 43 valence electrons. The molecule has 0 aliphatic rings. The molecule has 1 N–H and O–H groups in total. The van der Waals surface area contributed by atoms with E-state index < -0.39 is 6.10 Å². The number of aliphatic hydroxyl groups excluding tert-OH is 1. The van der Waals surface area contributed by atoms with Crippen molar-refractivity contribution in [2.24, 2.45) is 0 Å². The summed E-state index contributed by atoms with van der Waals surface area (Å²) in [5, 5.41) is 8.64. The van der Waals surface area contributed by atoms with Crippen molar-refractivity contribution in [3.8, 4) is 12.3 Å². The molecule has 0 fully saturated rings. The van der Waals surface area contributed by atoms with Crippen LogP contribution in [0.5, 0.6) is 0 Å². The lowest BCUT2D eigenvalue weighted by Gasteiger charge is -1.96. The molecule has 0 aromatic carbocycles. The monoisotopic (exact) mass is 111 g/mol. The van der Waals surface area contributed by atoms with Crippen molar-refractivity contribution in [1.29, 1.82) is 0 Å². The van der Waals surface area contributed by atoms with E-state index in [1.165, 1.54) is 0 Å². The topological polar surface area (TPSA) is 37.3 Å². The Kier molecular flexibility index (Phi) is 3.91. The van der Waals surface area contributed by atoms with Gasteiger partial charge in [0.15, 0.2) is 0 Å². The van der Waals surface area contributed by atoms with Crippen molar-refractivity contribution in [3.05, 3.63) is 0 Å². The smallest absolute Gasteiger partial charge is 0.201 e. The van der Waals surface area contributed by atoms with Crippen molar-refractivity contribution < 1.29 is 9.90 Å². The maximum absolute atomic E-state index is 9.54. The van der Waals surface area contributed by atoms with Gasteiger partial charge in [-0.1, -0.05) is 0 Å². The second-order valence-electron chi connectivity index (χ2n) is 1.41. The molecular formula is C6H7O2. The quantitative estimate of drug-likeness (QED) is 0.515. The highest BCUT2D eigenvalue weighted by molar-refractivity contribution is 5.51. The number of terminal acetylenes is 1. The zero-order chi connectivity index (χ0) is 6.41. The standard InChI is InChI=1S/C6H7O2/c1-2-3-6(8)4-5-7/h1,6,8H,3-4H2. The minimum atomic E-state index is -0.697. The Morgan fingerprint density at radius 1 is 1.62 bits per heavy atom. The van der Waals surface area contributed by atoms with Crippen LogP contribution in [-0.2, 0) is 4.79 Å². The van der Waals surface area contributed by atoms with Crippen LogP contribution in [0.2, 0.25) is 0 Å². The molecule has 0 aliphatic heterocycles. The lowest BCUT2D eigenvalue weighted by molar-refractivity contribution is 0.187. The minimum absolute atomic E-state index is 0.0181. The van der Waals surface area contributed by atoms with Crippen molar-refractivity contribution in [3.63, 3.8) is 0 Å². The summed E-state index contributed by atoms with van der Waals surface area (Å²) in [6, 6.07) is 0. The summed E-state index contributed by atoms with van der Waals surface area (Å²) in [7, 11) is 0. The molecule has 0 aromatic rings. The second-order valence-corrected chi connectivity index (χ2v) is 1.41. The third kappa shape index (κ3) is 3.38. The van der Waals surface area contributed by atoms with Gasteiger partial charge in [0.25, 0.3) is 0 Å².